The van der Waals surface area contributed by atoms with Gasteiger partial charge in [-0.1, -0.05) is 41.5 Å². The highest BCUT2D eigenvalue weighted by atomic mass is 35.5. The first-order valence-electron chi connectivity index (χ1n) is 12.8. The number of nitrogens with zero attached hydrogens (tertiary/aromatic N) is 4. The van der Waals surface area contributed by atoms with Gasteiger partial charge < -0.3 is 29.8 Å². The molecule has 4 rings (SSSR count). The van der Waals surface area contributed by atoms with Crippen molar-refractivity contribution in [2.45, 2.75) is 32.7 Å². The number of aromatic nitrogens is 4. The zero-order valence-corrected chi connectivity index (χ0v) is 25.0. The molecule has 0 aliphatic carbocycles. The van der Waals surface area contributed by atoms with Gasteiger partial charge in [0.15, 0.2) is 10.9 Å². The second kappa shape index (κ2) is 13.3. The van der Waals surface area contributed by atoms with E-state index in [0.717, 1.165) is 17.8 Å². The van der Waals surface area contributed by atoms with Crippen LogP contribution in [-0.4, -0.2) is 83.4 Å². The summed E-state index contributed by atoms with van der Waals surface area (Å²) >= 11 is 13.5. The predicted octanol–water partition coefficient (Wildman–Crippen LogP) is 5.05. The molecule has 1 aliphatic heterocycles. The fourth-order valence-corrected chi connectivity index (χ4v) is 6.19. The number of aromatic amines is 1. The Morgan fingerprint density at radius 2 is 1.95 bits per heavy atom. The third-order valence-corrected chi connectivity index (χ3v) is 8.98. The standard InChI is InChI=1S/C26H32Cl2N6O5S/c1-13-10-34(6-5-15(13)7-18(35)23-21(28)20(27)14(2)31-23)26-33-22(24(40-26)25(36)37)17-8-30-19(9-29-17)32-16(11-38-3)12-39-4/h8-9,13,15-16,31H,5-7,10-12H2,1-4H3,(H,30,32)(H,36,37)/t13-,15-/m0/s1. The van der Waals surface area contributed by atoms with Crippen LogP contribution in [0.15, 0.2) is 12.4 Å². The molecule has 2 atom stereocenters. The number of methoxy groups -OCH3 is 2. The molecule has 216 valence electrons. The molecule has 40 heavy (non-hydrogen) atoms. The van der Waals surface area contributed by atoms with Crippen LogP contribution in [0.25, 0.3) is 11.4 Å². The Morgan fingerprint density at radius 1 is 1.23 bits per heavy atom. The number of hydrogen-bond donors (Lipinski definition) is 3. The molecule has 0 saturated carbocycles. The number of aryl methyl sites for hydroxylation is 1. The van der Waals surface area contributed by atoms with Gasteiger partial charge in [-0.15, -0.1) is 0 Å². The number of ketones is 1. The number of aromatic carboxylic acids is 1. The number of thiazole rings is 1. The highest BCUT2D eigenvalue weighted by Crippen LogP contribution is 2.37. The first-order valence-corrected chi connectivity index (χ1v) is 14.3. The van der Waals surface area contributed by atoms with Gasteiger partial charge in [-0.3, -0.25) is 4.79 Å². The van der Waals surface area contributed by atoms with E-state index in [1.165, 1.54) is 12.4 Å². The Balaban J connectivity index is 1.45. The molecule has 4 heterocycles. The SMILES string of the molecule is COCC(COC)Nc1cnc(-c2nc(N3CC[C@@H](CC(=O)c4[nH]c(C)c(Cl)c4Cl)[C@@H](C)C3)sc2C(=O)O)cn1. The average molecular weight is 612 g/mol. The number of piperidine rings is 1. The van der Waals surface area contributed by atoms with Gasteiger partial charge in [0.1, 0.15) is 27.8 Å². The van der Waals surface area contributed by atoms with Crippen LogP contribution in [-0.2, 0) is 9.47 Å². The molecule has 1 saturated heterocycles. The molecule has 1 aliphatic rings. The van der Waals surface area contributed by atoms with Crippen molar-refractivity contribution in [1.82, 2.24) is 19.9 Å². The Morgan fingerprint density at radius 3 is 2.50 bits per heavy atom. The quantitative estimate of drug-likeness (QED) is 0.238. The van der Waals surface area contributed by atoms with Crippen LogP contribution in [0.4, 0.5) is 10.9 Å². The molecule has 0 spiro atoms. The topological polar surface area (TPSA) is 143 Å². The molecule has 14 heteroatoms. The summed E-state index contributed by atoms with van der Waals surface area (Å²) in [4.78, 5) is 43.6. The van der Waals surface area contributed by atoms with Crippen molar-refractivity contribution in [3.05, 3.63) is 38.7 Å². The Labute approximate surface area is 246 Å². The number of Topliss-reactive ketones (excluding diaryl/α,β-unsaturated/α-hetero) is 1. The lowest BCUT2D eigenvalue weighted by molar-refractivity contribution is 0.0702. The van der Waals surface area contributed by atoms with Crippen LogP contribution in [0, 0.1) is 18.8 Å². The predicted molar refractivity (Wildman–Crippen MR) is 155 cm³/mol. The van der Waals surface area contributed by atoms with Crippen LogP contribution in [0.3, 0.4) is 0 Å². The van der Waals surface area contributed by atoms with E-state index in [4.69, 9.17) is 32.7 Å². The molecule has 1 fully saturated rings. The minimum atomic E-state index is -1.08. The number of nitrogens with one attached hydrogen (secondary N) is 2. The number of carbonyl (C=O) groups excluding carboxylic acids is 1. The smallest absolute Gasteiger partial charge is 0.348 e. The fraction of sp³-hybridized carbons (Fsp3) is 0.500. The summed E-state index contributed by atoms with van der Waals surface area (Å²) in [6, 6.07) is -0.113. The third-order valence-electron chi connectivity index (χ3n) is 6.93. The summed E-state index contributed by atoms with van der Waals surface area (Å²) in [6.45, 7) is 5.99. The molecule has 0 aromatic carbocycles. The normalized spacial score (nSPS) is 17.4. The van der Waals surface area contributed by atoms with Crippen LogP contribution in [0.1, 0.15) is 45.6 Å². The fourth-order valence-electron chi connectivity index (χ4n) is 4.81. The lowest BCUT2D eigenvalue weighted by Gasteiger charge is -2.36. The van der Waals surface area contributed by atoms with Crippen LogP contribution < -0.4 is 10.2 Å². The number of hydrogen-bond acceptors (Lipinski definition) is 10. The summed E-state index contributed by atoms with van der Waals surface area (Å²) in [6.07, 6.45) is 4.14. The summed E-state index contributed by atoms with van der Waals surface area (Å²) in [7, 11) is 3.21. The zero-order chi connectivity index (χ0) is 29.0. The lowest BCUT2D eigenvalue weighted by atomic mass is 9.83. The molecular weight excluding hydrogens is 579 g/mol. The van der Waals surface area contributed by atoms with Gasteiger partial charge in [-0.2, -0.15) is 0 Å². The Bertz CT molecular complexity index is 1340. The minimum absolute atomic E-state index is 0.0673. The second-order valence-corrected chi connectivity index (χ2v) is 11.6. The van der Waals surface area contributed by atoms with Crippen molar-refractivity contribution in [1.29, 1.82) is 0 Å². The molecule has 3 N–H and O–H groups in total. The number of halogens is 2. The van der Waals surface area contributed by atoms with Gasteiger partial charge >= 0.3 is 5.97 Å². The summed E-state index contributed by atoms with van der Waals surface area (Å²) in [5.74, 6) is -0.318. The van der Waals surface area contributed by atoms with Crippen molar-refractivity contribution >= 4 is 57.2 Å². The monoisotopic (exact) mass is 610 g/mol. The molecule has 0 radical (unpaired) electrons. The van der Waals surface area contributed by atoms with Gasteiger partial charge in [0.25, 0.3) is 0 Å². The van der Waals surface area contributed by atoms with E-state index in [-0.39, 0.29) is 39.3 Å². The van der Waals surface area contributed by atoms with Gasteiger partial charge in [-0.25, -0.2) is 19.7 Å². The number of anilines is 2. The van der Waals surface area contributed by atoms with Gasteiger partial charge in [0.05, 0.1) is 41.7 Å². The number of carboxylic acid groups (broad SMARTS) is 1. The largest absolute Gasteiger partial charge is 0.477 e. The molecule has 11 nitrogen and oxygen atoms in total. The number of carbonyl (C=O) groups is 2. The maximum absolute atomic E-state index is 12.9. The van der Waals surface area contributed by atoms with Crippen LogP contribution in [0.2, 0.25) is 10.0 Å². The van der Waals surface area contributed by atoms with Crippen molar-refractivity contribution in [3.63, 3.8) is 0 Å². The first kappa shape index (κ1) is 30.2. The molecule has 0 bridgehead atoms. The van der Waals surface area contributed by atoms with Crippen LogP contribution in [0.5, 0.6) is 0 Å². The van der Waals surface area contributed by atoms with E-state index in [0.29, 0.717) is 65.8 Å². The van der Waals surface area contributed by atoms with Crippen LogP contribution >= 0.6 is 34.5 Å². The van der Waals surface area contributed by atoms with Crippen molar-refractivity contribution in [2.75, 3.05) is 50.7 Å². The van der Waals surface area contributed by atoms with Crippen molar-refractivity contribution < 1.29 is 24.2 Å². The molecule has 3 aromatic rings. The van der Waals surface area contributed by atoms with Gasteiger partial charge in [0.2, 0.25) is 0 Å². The maximum Gasteiger partial charge on any atom is 0.348 e. The van der Waals surface area contributed by atoms with E-state index >= 15 is 0 Å². The lowest BCUT2D eigenvalue weighted by Crippen LogP contribution is -2.40. The Kier molecular flexibility index (Phi) is 10.0. The highest BCUT2D eigenvalue weighted by molar-refractivity contribution is 7.17. The number of rotatable bonds is 12. The van der Waals surface area contributed by atoms with E-state index in [1.807, 2.05) is 0 Å². The maximum atomic E-state index is 12.9. The van der Waals surface area contributed by atoms with E-state index in [2.05, 4.69) is 37.1 Å². The van der Waals surface area contributed by atoms with E-state index in [9.17, 15) is 14.7 Å². The summed E-state index contributed by atoms with van der Waals surface area (Å²) in [5.41, 5.74) is 1.66. The molecule has 0 amide bonds. The summed E-state index contributed by atoms with van der Waals surface area (Å²) < 4.78 is 10.4. The number of H-pyrrole nitrogens is 1. The Hall–Kier alpha value is -2.77. The third kappa shape index (κ3) is 6.74. The van der Waals surface area contributed by atoms with E-state index in [1.54, 1.807) is 21.1 Å². The van der Waals surface area contributed by atoms with Crippen molar-refractivity contribution in [2.24, 2.45) is 11.8 Å². The minimum Gasteiger partial charge on any atom is -0.477 e. The molecule has 0 unspecified atom stereocenters. The van der Waals surface area contributed by atoms with E-state index < -0.39 is 5.97 Å². The first-order chi connectivity index (χ1) is 19.1. The summed E-state index contributed by atoms with van der Waals surface area (Å²) in [5, 5.41) is 14.3. The van der Waals surface area contributed by atoms with Gasteiger partial charge in [-0.05, 0) is 25.2 Å². The number of ether oxygens (including phenoxy) is 2. The van der Waals surface area contributed by atoms with Gasteiger partial charge in [0, 0.05) is 39.4 Å². The average Bonchev–Trinajstić information content (AvgIpc) is 3.48. The zero-order valence-electron chi connectivity index (χ0n) is 22.7. The highest BCUT2D eigenvalue weighted by Gasteiger charge is 2.32. The second-order valence-electron chi connectivity index (χ2n) is 9.87. The molecular formula is C26H32Cl2N6O5S. The number of carboxylic acids is 1. The van der Waals surface area contributed by atoms with Crippen molar-refractivity contribution in [3.8, 4) is 11.4 Å². The molecule has 3 aromatic heterocycles.